The molecule has 5 heteroatoms. The molecule has 0 saturated carbocycles. The van der Waals surface area contributed by atoms with Crippen LogP contribution in [-0.4, -0.2) is 38.1 Å². The first-order valence-electron chi connectivity index (χ1n) is 5.77. The molecule has 0 aromatic heterocycles. The zero-order valence-corrected chi connectivity index (χ0v) is 11.1. The summed E-state index contributed by atoms with van der Waals surface area (Å²) in [6, 6.07) is 5.42. The molecule has 0 heterocycles. The molecule has 0 spiro atoms. The van der Waals surface area contributed by atoms with Gasteiger partial charge in [-0.05, 0) is 19.1 Å². The van der Waals surface area contributed by atoms with Gasteiger partial charge in [-0.3, -0.25) is 0 Å². The third-order valence-corrected chi connectivity index (χ3v) is 2.66. The Morgan fingerprint density at radius 2 is 1.78 bits per heavy atom. The van der Waals surface area contributed by atoms with Crippen molar-refractivity contribution in [2.75, 3.05) is 27.4 Å². The first-order chi connectivity index (χ1) is 8.54. The Labute approximate surface area is 107 Å². The largest absolute Gasteiger partial charge is 0.493 e. The van der Waals surface area contributed by atoms with Crippen LogP contribution in [0.3, 0.4) is 0 Å². The van der Waals surface area contributed by atoms with E-state index in [0.717, 1.165) is 0 Å². The maximum absolute atomic E-state index is 9.06. The quantitative estimate of drug-likeness (QED) is 0.765. The third kappa shape index (κ3) is 3.78. The molecular formula is C13H21NO4. The van der Waals surface area contributed by atoms with Gasteiger partial charge < -0.3 is 25.1 Å². The van der Waals surface area contributed by atoms with Crippen LogP contribution in [0.4, 0.5) is 0 Å². The van der Waals surface area contributed by atoms with Crippen molar-refractivity contribution in [2.24, 2.45) is 5.73 Å². The van der Waals surface area contributed by atoms with E-state index in [1.807, 2.05) is 6.07 Å². The Hall–Kier alpha value is -1.46. The van der Waals surface area contributed by atoms with E-state index in [1.165, 1.54) is 0 Å². The maximum Gasteiger partial charge on any atom is 0.203 e. The van der Waals surface area contributed by atoms with Gasteiger partial charge in [0.2, 0.25) is 5.75 Å². The highest BCUT2D eigenvalue weighted by atomic mass is 16.5. The fourth-order valence-corrected chi connectivity index (χ4v) is 1.42. The lowest BCUT2D eigenvalue weighted by Crippen LogP contribution is -2.41. The van der Waals surface area contributed by atoms with Crippen LogP contribution >= 0.6 is 0 Å². The minimum absolute atomic E-state index is 0.0839. The van der Waals surface area contributed by atoms with Crippen LogP contribution < -0.4 is 19.9 Å². The van der Waals surface area contributed by atoms with Gasteiger partial charge in [-0.15, -0.1) is 0 Å². The summed E-state index contributed by atoms with van der Waals surface area (Å²) in [5.41, 5.74) is 5.19. The second kappa shape index (κ2) is 6.47. The summed E-state index contributed by atoms with van der Waals surface area (Å²) in [7, 11) is 3.14. The maximum atomic E-state index is 9.06. The summed E-state index contributed by atoms with van der Waals surface area (Å²) < 4.78 is 16.1. The van der Waals surface area contributed by atoms with E-state index in [4.69, 9.17) is 25.1 Å². The van der Waals surface area contributed by atoms with Crippen LogP contribution in [0.15, 0.2) is 18.2 Å². The predicted octanol–water partition coefficient (Wildman–Crippen LogP) is 1.18. The molecule has 1 atom stereocenters. The molecule has 0 bridgehead atoms. The van der Waals surface area contributed by atoms with Crippen molar-refractivity contribution >= 4 is 0 Å². The predicted molar refractivity (Wildman–Crippen MR) is 69.3 cm³/mol. The lowest BCUT2D eigenvalue weighted by atomic mass is 10.0. The topological polar surface area (TPSA) is 73.9 Å². The molecule has 18 heavy (non-hydrogen) atoms. The van der Waals surface area contributed by atoms with Gasteiger partial charge in [0.1, 0.15) is 0 Å². The molecule has 5 nitrogen and oxygen atoms in total. The number of ether oxygens (including phenoxy) is 3. The third-order valence-electron chi connectivity index (χ3n) is 2.66. The molecule has 3 N–H and O–H groups in total. The number of hydrogen-bond acceptors (Lipinski definition) is 5. The van der Waals surface area contributed by atoms with Crippen molar-refractivity contribution in [1.29, 1.82) is 0 Å². The summed E-state index contributed by atoms with van der Waals surface area (Å²) in [6.07, 6.45) is 0.532. The molecule has 1 aromatic rings. The Kier molecular flexibility index (Phi) is 5.25. The highest BCUT2D eigenvalue weighted by molar-refractivity contribution is 5.51. The van der Waals surface area contributed by atoms with Gasteiger partial charge in [0.05, 0.1) is 27.4 Å². The smallest absolute Gasteiger partial charge is 0.203 e. The molecule has 1 unspecified atom stereocenters. The van der Waals surface area contributed by atoms with Gasteiger partial charge in [-0.25, -0.2) is 0 Å². The molecule has 0 radical (unpaired) electrons. The Morgan fingerprint density at radius 3 is 2.22 bits per heavy atom. The minimum Gasteiger partial charge on any atom is -0.493 e. The number of hydrogen-bond donors (Lipinski definition) is 2. The van der Waals surface area contributed by atoms with E-state index in [0.29, 0.717) is 30.3 Å². The van der Waals surface area contributed by atoms with Crippen molar-refractivity contribution in [3.05, 3.63) is 18.2 Å². The van der Waals surface area contributed by atoms with E-state index in [2.05, 4.69) is 0 Å². The van der Waals surface area contributed by atoms with Crippen LogP contribution in [-0.2, 0) is 0 Å². The second-order valence-corrected chi connectivity index (χ2v) is 4.40. The van der Waals surface area contributed by atoms with Gasteiger partial charge in [0, 0.05) is 12.0 Å². The highest BCUT2D eigenvalue weighted by Gasteiger charge is 2.18. The monoisotopic (exact) mass is 255 g/mol. The van der Waals surface area contributed by atoms with Gasteiger partial charge in [-0.1, -0.05) is 6.07 Å². The highest BCUT2D eigenvalue weighted by Crippen LogP contribution is 2.36. The zero-order chi connectivity index (χ0) is 13.6. The number of aliphatic hydroxyl groups excluding tert-OH is 1. The molecule has 102 valence electrons. The minimum atomic E-state index is -0.644. The van der Waals surface area contributed by atoms with Gasteiger partial charge in [0.25, 0.3) is 0 Å². The summed E-state index contributed by atoms with van der Waals surface area (Å²) in [4.78, 5) is 0. The molecule has 1 aromatic carbocycles. The molecular weight excluding hydrogens is 234 g/mol. The number of benzene rings is 1. The summed E-state index contributed by atoms with van der Waals surface area (Å²) >= 11 is 0. The molecule has 0 fully saturated rings. The van der Waals surface area contributed by atoms with Gasteiger partial charge in [-0.2, -0.15) is 0 Å². The summed E-state index contributed by atoms with van der Waals surface area (Å²) in [5, 5.41) is 9.06. The number of aliphatic hydroxyl groups is 1. The van der Waals surface area contributed by atoms with Crippen LogP contribution in [0.2, 0.25) is 0 Å². The Balaban J connectivity index is 2.71. The molecule has 0 aliphatic heterocycles. The fourth-order valence-electron chi connectivity index (χ4n) is 1.42. The molecule has 0 saturated heterocycles. The van der Waals surface area contributed by atoms with Crippen LogP contribution in [0.25, 0.3) is 0 Å². The van der Waals surface area contributed by atoms with Crippen molar-refractivity contribution in [1.82, 2.24) is 0 Å². The fraction of sp³-hybridized carbons (Fsp3) is 0.538. The molecule has 0 amide bonds. The van der Waals surface area contributed by atoms with E-state index >= 15 is 0 Å². The number of methoxy groups -OCH3 is 2. The van der Waals surface area contributed by atoms with E-state index in [-0.39, 0.29) is 6.61 Å². The summed E-state index contributed by atoms with van der Waals surface area (Å²) in [5.74, 6) is 1.77. The van der Waals surface area contributed by atoms with Crippen molar-refractivity contribution < 1.29 is 19.3 Å². The number of rotatable bonds is 7. The first kappa shape index (κ1) is 14.6. The average Bonchev–Trinajstić information content (AvgIpc) is 2.38. The van der Waals surface area contributed by atoms with Crippen molar-refractivity contribution in [2.45, 2.75) is 18.9 Å². The Morgan fingerprint density at radius 1 is 1.22 bits per heavy atom. The first-order valence-corrected chi connectivity index (χ1v) is 5.77. The van der Waals surface area contributed by atoms with Crippen LogP contribution in [0.5, 0.6) is 17.2 Å². The van der Waals surface area contributed by atoms with Crippen molar-refractivity contribution in [3.8, 4) is 17.2 Å². The second-order valence-electron chi connectivity index (χ2n) is 4.40. The van der Waals surface area contributed by atoms with E-state index in [9.17, 15) is 0 Å². The van der Waals surface area contributed by atoms with E-state index in [1.54, 1.807) is 33.3 Å². The SMILES string of the molecule is COc1cccc(OC)c1OCCC(C)(N)CO. The standard InChI is InChI=1S/C13H21NO4/c1-13(14,9-15)7-8-18-12-10(16-2)5-4-6-11(12)17-3/h4-6,15H,7-9,14H2,1-3H3. The van der Waals surface area contributed by atoms with Gasteiger partial charge in [0.15, 0.2) is 11.5 Å². The number of para-hydroxylation sites is 1. The van der Waals surface area contributed by atoms with Crippen molar-refractivity contribution in [3.63, 3.8) is 0 Å². The lowest BCUT2D eigenvalue weighted by Gasteiger charge is -2.22. The molecule has 1 rings (SSSR count). The van der Waals surface area contributed by atoms with Crippen LogP contribution in [0, 0.1) is 0 Å². The van der Waals surface area contributed by atoms with Gasteiger partial charge >= 0.3 is 0 Å². The zero-order valence-electron chi connectivity index (χ0n) is 11.1. The van der Waals surface area contributed by atoms with E-state index < -0.39 is 5.54 Å². The normalized spacial score (nSPS) is 13.8. The Bertz CT molecular complexity index is 357. The molecule has 0 aliphatic carbocycles. The number of nitrogens with two attached hydrogens (primary N) is 1. The average molecular weight is 255 g/mol. The summed E-state index contributed by atoms with van der Waals surface area (Å²) in [6.45, 7) is 2.07. The van der Waals surface area contributed by atoms with Crippen LogP contribution in [0.1, 0.15) is 13.3 Å². The lowest BCUT2D eigenvalue weighted by molar-refractivity contribution is 0.171. The molecule has 0 aliphatic rings.